The van der Waals surface area contributed by atoms with Crippen LogP contribution in [0.5, 0.6) is 5.75 Å². The van der Waals surface area contributed by atoms with Crippen molar-refractivity contribution >= 4 is 0 Å². The van der Waals surface area contributed by atoms with E-state index in [-0.39, 0.29) is 5.75 Å². The highest BCUT2D eigenvalue weighted by atomic mass is 19.1. The molecule has 0 aliphatic carbocycles. The Morgan fingerprint density at radius 1 is 1.39 bits per heavy atom. The summed E-state index contributed by atoms with van der Waals surface area (Å²) in [5.74, 6) is -0.290. The first-order chi connectivity index (χ1) is 8.77. The lowest BCUT2D eigenvalue weighted by atomic mass is 10.0. The molecule has 1 aliphatic heterocycles. The van der Waals surface area contributed by atoms with Crippen LogP contribution in [0.1, 0.15) is 11.6 Å². The molecule has 0 spiro atoms. The van der Waals surface area contributed by atoms with Crippen LogP contribution in [0.15, 0.2) is 18.2 Å². The van der Waals surface area contributed by atoms with E-state index in [9.17, 15) is 8.78 Å². The van der Waals surface area contributed by atoms with Gasteiger partial charge in [0.05, 0.1) is 13.2 Å². The van der Waals surface area contributed by atoms with E-state index in [1.807, 2.05) is 4.90 Å². The maximum Gasteiger partial charge on any atom is 0.169 e. The van der Waals surface area contributed by atoms with Crippen molar-refractivity contribution in [2.75, 3.05) is 40.0 Å². The minimum Gasteiger partial charge on any atom is -0.494 e. The zero-order valence-corrected chi connectivity index (χ0v) is 10.5. The van der Waals surface area contributed by atoms with E-state index in [0.29, 0.717) is 5.56 Å². The van der Waals surface area contributed by atoms with Crippen molar-refractivity contribution in [2.24, 2.45) is 0 Å². The Bertz CT molecular complexity index is 395. The van der Waals surface area contributed by atoms with E-state index in [1.54, 1.807) is 18.2 Å². The van der Waals surface area contributed by atoms with Gasteiger partial charge in [0.2, 0.25) is 0 Å². The van der Waals surface area contributed by atoms with Crippen LogP contribution in [0.2, 0.25) is 0 Å². The topological polar surface area (TPSA) is 24.5 Å². The lowest BCUT2D eigenvalue weighted by Gasteiger charge is -2.33. The molecular weight excluding hydrogens is 238 g/mol. The summed E-state index contributed by atoms with van der Waals surface area (Å²) in [4.78, 5) is 1.97. The zero-order chi connectivity index (χ0) is 13.0. The van der Waals surface area contributed by atoms with E-state index in [1.165, 1.54) is 7.11 Å². The molecule has 1 N–H and O–H groups in total. The number of nitrogens with zero attached hydrogens (tertiary/aromatic N) is 1. The first-order valence-electron chi connectivity index (χ1n) is 6.11. The fraction of sp³-hybridized carbons (Fsp3) is 0.538. The Morgan fingerprint density at radius 2 is 2.11 bits per heavy atom. The van der Waals surface area contributed by atoms with Crippen LogP contribution in [-0.4, -0.2) is 44.9 Å². The SMILES string of the molecule is COc1cccc([C@@H](CF)N2CCNCC2)c1F. The molecular formula is C13H18F2N2O. The summed E-state index contributed by atoms with van der Waals surface area (Å²) in [7, 11) is 1.41. The van der Waals surface area contributed by atoms with Crippen LogP contribution in [-0.2, 0) is 0 Å². The predicted molar refractivity (Wildman–Crippen MR) is 66.1 cm³/mol. The van der Waals surface area contributed by atoms with Crippen molar-refractivity contribution in [1.82, 2.24) is 10.2 Å². The summed E-state index contributed by atoms with van der Waals surface area (Å²) in [6.45, 7) is 2.48. The molecule has 1 fully saturated rings. The maximum atomic E-state index is 14.1. The molecule has 1 heterocycles. The Hall–Kier alpha value is -1.20. The van der Waals surface area contributed by atoms with E-state index in [2.05, 4.69) is 5.32 Å². The molecule has 1 atom stereocenters. The van der Waals surface area contributed by atoms with Crippen LogP contribution < -0.4 is 10.1 Å². The molecule has 18 heavy (non-hydrogen) atoms. The second-order valence-corrected chi connectivity index (χ2v) is 4.32. The van der Waals surface area contributed by atoms with E-state index in [4.69, 9.17) is 4.74 Å². The highest BCUT2D eigenvalue weighted by Gasteiger charge is 2.25. The normalized spacial score (nSPS) is 18.6. The Morgan fingerprint density at radius 3 is 2.72 bits per heavy atom. The van der Waals surface area contributed by atoms with Gasteiger partial charge in [0.25, 0.3) is 0 Å². The Balaban J connectivity index is 2.26. The van der Waals surface area contributed by atoms with E-state index in [0.717, 1.165) is 26.2 Å². The average Bonchev–Trinajstić information content (AvgIpc) is 2.43. The summed E-state index contributed by atoms with van der Waals surface area (Å²) >= 11 is 0. The molecule has 0 aromatic heterocycles. The summed E-state index contributed by atoms with van der Waals surface area (Å²) in [6, 6.07) is 4.35. The van der Waals surface area contributed by atoms with Gasteiger partial charge in [0, 0.05) is 31.7 Å². The van der Waals surface area contributed by atoms with Crippen molar-refractivity contribution in [2.45, 2.75) is 6.04 Å². The number of methoxy groups -OCH3 is 1. The van der Waals surface area contributed by atoms with Crippen LogP contribution in [0, 0.1) is 5.82 Å². The third kappa shape index (κ3) is 2.62. The predicted octanol–water partition coefficient (Wildman–Crippen LogP) is 1.75. The Labute approximate surface area is 106 Å². The standard InChI is InChI=1S/C13H18F2N2O/c1-18-12-4-2-3-10(13(12)15)11(9-14)17-7-5-16-6-8-17/h2-4,11,16H,5-9H2,1H3/t11-/m1/s1. The first kappa shape index (κ1) is 13.2. The number of alkyl halides is 1. The largest absolute Gasteiger partial charge is 0.494 e. The average molecular weight is 256 g/mol. The molecule has 5 heteroatoms. The van der Waals surface area contributed by atoms with Gasteiger partial charge in [-0.25, -0.2) is 8.78 Å². The highest BCUT2D eigenvalue weighted by Crippen LogP contribution is 2.29. The van der Waals surface area contributed by atoms with Crippen molar-refractivity contribution < 1.29 is 13.5 Å². The monoisotopic (exact) mass is 256 g/mol. The number of halogens is 2. The van der Waals surface area contributed by atoms with Gasteiger partial charge in [-0.05, 0) is 6.07 Å². The molecule has 3 nitrogen and oxygen atoms in total. The second-order valence-electron chi connectivity index (χ2n) is 4.32. The fourth-order valence-corrected chi connectivity index (χ4v) is 2.31. The number of nitrogens with one attached hydrogen (secondary N) is 1. The van der Waals surface area contributed by atoms with Gasteiger partial charge in [-0.2, -0.15) is 0 Å². The van der Waals surface area contributed by atoms with Crippen molar-refractivity contribution in [3.63, 3.8) is 0 Å². The highest BCUT2D eigenvalue weighted by molar-refractivity contribution is 5.33. The van der Waals surface area contributed by atoms with Gasteiger partial charge in [-0.1, -0.05) is 12.1 Å². The van der Waals surface area contributed by atoms with Crippen LogP contribution >= 0.6 is 0 Å². The second kappa shape index (κ2) is 6.11. The van der Waals surface area contributed by atoms with Crippen LogP contribution in [0.4, 0.5) is 8.78 Å². The maximum absolute atomic E-state index is 14.1. The summed E-state index contributed by atoms with van der Waals surface area (Å²) in [5, 5.41) is 3.20. The van der Waals surface area contributed by atoms with Gasteiger partial charge in [-0.3, -0.25) is 4.90 Å². The Kier molecular flexibility index (Phi) is 4.49. The third-order valence-electron chi connectivity index (χ3n) is 3.31. The number of ether oxygens (including phenoxy) is 1. The van der Waals surface area contributed by atoms with E-state index < -0.39 is 18.5 Å². The molecule has 100 valence electrons. The van der Waals surface area contributed by atoms with Gasteiger partial charge < -0.3 is 10.1 Å². The molecule has 1 aromatic rings. The number of hydrogen-bond acceptors (Lipinski definition) is 3. The fourth-order valence-electron chi connectivity index (χ4n) is 2.31. The minimum atomic E-state index is -0.593. The number of benzene rings is 1. The number of rotatable bonds is 4. The molecule has 0 unspecified atom stereocenters. The third-order valence-corrected chi connectivity index (χ3v) is 3.31. The molecule has 0 radical (unpaired) electrons. The van der Waals surface area contributed by atoms with Gasteiger partial charge in [0.15, 0.2) is 11.6 Å². The summed E-state index contributed by atoms with van der Waals surface area (Å²) in [5.41, 5.74) is 0.374. The number of hydrogen-bond donors (Lipinski definition) is 1. The first-order valence-corrected chi connectivity index (χ1v) is 6.11. The smallest absolute Gasteiger partial charge is 0.169 e. The van der Waals surface area contributed by atoms with Gasteiger partial charge >= 0.3 is 0 Å². The molecule has 0 bridgehead atoms. The van der Waals surface area contributed by atoms with Crippen molar-refractivity contribution in [1.29, 1.82) is 0 Å². The van der Waals surface area contributed by atoms with Crippen molar-refractivity contribution in [3.05, 3.63) is 29.6 Å². The van der Waals surface area contributed by atoms with Crippen molar-refractivity contribution in [3.8, 4) is 5.75 Å². The van der Waals surface area contributed by atoms with Gasteiger partial charge in [0.1, 0.15) is 6.67 Å². The lowest BCUT2D eigenvalue weighted by Crippen LogP contribution is -2.45. The zero-order valence-electron chi connectivity index (χ0n) is 10.5. The number of piperazine rings is 1. The van der Waals surface area contributed by atoms with Crippen LogP contribution in [0.25, 0.3) is 0 Å². The summed E-state index contributed by atoms with van der Waals surface area (Å²) in [6.07, 6.45) is 0. The lowest BCUT2D eigenvalue weighted by molar-refractivity contribution is 0.144. The van der Waals surface area contributed by atoms with Gasteiger partial charge in [-0.15, -0.1) is 0 Å². The summed E-state index contributed by atoms with van der Waals surface area (Å²) < 4.78 is 32.3. The molecule has 0 amide bonds. The molecule has 1 saturated heterocycles. The van der Waals surface area contributed by atoms with E-state index >= 15 is 0 Å². The molecule has 0 saturated carbocycles. The van der Waals surface area contributed by atoms with Crippen LogP contribution in [0.3, 0.4) is 0 Å². The quantitative estimate of drug-likeness (QED) is 0.888. The molecule has 1 aromatic carbocycles. The molecule has 2 rings (SSSR count). The molecule has 1 aliphatic rings. The minimum absolute atomic E-state index is 0.168.